The van der Waals surface area contributed by atoms with Crippen LogP contribution in [0, 0.1) is 0 Å². The van der Waals surface area contributed by atoms with E-state index < -0.39 is 0 Å². The second kappa shape index (κ2) is 4.50. The van der Waals surface area contributed by atoms with E-state index >= 15 is 0 Å². The van der Waals surface area contributed by atoms with E-state index in [1.807, 2.05) is 24.3 Å². The monoisotopic (exact) mass is 324 g/mol. The summed E-state index contributed by atoms with van der Waals surface area (Å²) in [7, 11) is 0. The van der Waals surface area contributed by atoms with Crippen molar-refractivity contribution < 1.29 is 0 Å². The van der Waals surface area contributed by atoms with E-state index in [2.05, 4.69) is 10.2 Å². The number of halogens is 1. The predicted octanol–water partition coefficient (Wildman–Crippen LogP) is 1.87. The Balaban J connectivity index is 0.00000135. The summed E-state index contributed by atoms with van der Waals surface area (Å²) in [6, 6.07) is 14.4. The smallest absolute Gasteiger partial charge is 0.265 e. The van der Waals surface area contributed by atoms with E-state index in [-0.39, 0.29) is 34.6 Å². The Hall–Kier alpha value is -2.99. The lowest BCUT2D eigenvalue weighted by molar-refractivity contribution is 0.866. The highest BCUT2D eigenvalue weighted by atomic mass is 35.5. The largest absolute Gasteiger partial charge is 0.298 e. The molecule has 0 unspecified atom stereocenters. The summed E-state index contributed by atoms with van der Waals surface area (Å²) in [6.45, 7) is 0. The maximum absolute atomic E-state index is 12.8. The van der Waals surface area contributed by atoms with Crippen LogP contribution in [0.1, 0.15) is 0 Å². The van der Waals surface area contributed by atoms with Crippen molar-refractivity contribution in [2.45, 2.75) is 0 Å². The Bertz CT molecular complexity index is 1220. The summed E-state index contributed by atoms with van der Waals surface area (Å²) in [5, 5.41) is 9.87. The molecule has 5 aromatic rings. The van der Waals surface area contributed by atoms with Crippen LogP contribution < -0.4 is 11.1 Å². The number of benzene rings is 2. The molecule has 3 aromatic heterocycles. The molecule has 0 aliphatic carbocycles. The number of hydrogen-bond acceptors (Lipinski definition) is 4. The zero-order valence-electron chi connectivity index (χ0n) is 11.6. The first kappa shape index (κ1) is 13.7. The van der Waals surface area contributed by atoms with E-state index in [0.29, 0.717) is 21.8 Å². The van der Waals surface area contributed by atoms with Crippen LogP contribution in [0.3, 0.4) is 0 Å². The van der Waals surface area contributed by atoms with Gasteiger partial charge >= 0.3 is 0 Å². The van der Waals surface area contributed by atoms with Crippen LogP contribution in [0.25, 0.3) is 32.8 Å². The molecule has 0 radical (unpaired) electrons. The third-order valence-electron chi connectivity index (χ3n) is 3.95. The lowest BCUT2D eigenvalue weighted by Crippen LogP contribution is -2.27. The molecule has 6 nitrogen and oxygen atoms in total. The van der Waals surface area contributed by atoms with Gasteiger partial charge < -0.3 is 0 Å². The highest BCUT2D eigenvalue weighted by Gasteiger charge is 2.18. The van der Waals surface area contributed by atoms with E-state index in [1.165, 1.54) is 9.03 Å². The van der Waals surface area contributed by atoms with Crippen LogP contribution in [-0.4, -0.2) is 19.2 Å². The molecule has 5 rings (SSSR count). The van der Waals surface area contributed by atoms with Crippen molar-refractivity contribution in [3.63, 3.8) is 0 Å². The second-order valence-electron chi connectivity index (χ2n) is 5.17. The maximum Gasteiger partial charge on any atom is 0.298 e. The first-order valence-corrected chi connectivity index (χ1v) is 6.80. The minimum absolute atomic E-state index is 0. The summed E-state index contributed by atoms with van der Waals surface area (Å²) in [5.41, 5.74) is 1.10. The normalized spacial score (nSPS) is 11.5. The van der Waals surface area contributed by atoms with Crippen LogP contribution in [0.2, 0.25) is 0 Å². The molecule has 0 spiro atoms. The molecule has 0 aliphatic heterocycles. The van der Waals surface area contributed by atoms with Crippen molar-refractivity contribution in [3.05, 3.63) is 69.2 Å². The van der Waals surface area contributed by atoms with Gasteiger partial charge in [0.2, 0.25) is 0 Å². The molecular formula is C16H9ClN4O2. The van der Waals surface area contributed by atoms with Crippen LogP contribution >= 0.6 is 12.4 Å². The molecule has 2 aromatic carbocycles. The highest BCUT2D eigenvalue weighted by molar-refractivity contribution is 5.97. The molecule has 0 atom stereocenters. The van der Waals surface area contributed by atoms with Gasteiger partial charge in [0.05, 0.1) is 11.0 Å². The van der Waals surface area contributed by atoms with Crippen molar-refractivity contribution in [3.8, 4) is 0 Å². The van der Waals surface area contributed by atoms with E-state index in [9.17, 15) is 9.59 Å². The van der Waals surface area contributed by atoms with Gasteiger partial charge in [0.15, 0.2) is 0 Å². The fourth-order valence-electron chi connectivity index (χ4n) is 2.97. The summed E-state index contributed by atoms with van der Waals surface area (Å²) in [6.07, 6.45) is 0. The van der Waals surface area contributed by atoms with Crippen LogP contribution in [0.15, 0.2) is 58.1 Å². The topological polar surface area (TPSA) is 68.7 Å². The van der Waals surface area contributed by atoms with Gasteiger partial charge in [0.25, 0.3) is 11.1 Å². The highest BCUT2D eigenvalue weighted by Crippen LogP contribution is 2.18. The minimum atomic E-state index is -0.334. The van der Waals surface area contributed by atoms with Crippen molar-refractivity contribution in [2.75, 3.05) is 0 Å². The minimum Gasteiger partial charge on any atom is -0.265 e. The number of fused-ring (bicyclic) bond motifs is 6. The van der Waals surface area contributed by atoms with Gasteiger partial charge in [-0.25, -0.2) is 0 Å². The van der Waals surface area contributed by atoms with Gasteiger partial charge in [-0.05, 0) is 12.1 Å². The van der Waals surface area contributed by atoms with Crippen molar-refractivity contribution >= 4 is 45.2 Å². The summed E-state index contributed by atoms with van der Waals surface area (Å²) >= 11 is 0. The zero-order valence-corrected chi connectivity index (χ0v) is 12.4. The number of nitrogens with zero attached hydrogens (tertiary/aromatic N) is 4. The first-order chi connectivity index (χ1) is 10.8. The molecule has 0 fully saturated rings. The molecule has 0 N–H and O–H groups in total. The molecule has 3 heterocycles. The van der Waals surface area contributed by atoms with Crippen molar-refractivity contribution in [1.82, 2.24) is 19.2 Å². The third kappa shape index (κ3) is 1.58. The van der Waals surface area contributed by atoms with Gasteiger partial charge in [0, 0.05) is 10.8 Å². The Morgan fingerprint density at radius 2 is 1.04 bits per heavy atom. The second-order valence-corrected chi connectivity index (χ2v) is 5.17. The van der Waals surface area contributed by atoms with Gasteiger partial charge in [0.1, 0.15) is 11.0 Å². The van der Waals surface area contributed by atoms with Crippen LogP contribution in [-0.2, 0) is 0 Å². The molecular weight excluding hydrogens is 316 g/mol. The van der Waals surface area contributed by atoms with E-state index in [0.717, 1.165) is 0 Å². The summed E-state index contributed by atoms with van der Waals surface area (Å²) in [5.74, 6) is 0. The molecule has 23 heavy (non-hydrogen) atoms. The van der Waals surface area contributed by atoms with E-state index in [1.54, 1.807) is 24.3 Å². The quantitative estimate of drug-likeness (QED) is 0.436. The Kier molecular flexibility index (Phi) is 2.67. The summed E-state index contributed by atoms with van der Waals surface area (Å²) in [4.78, 5) is 25.6. The first-order valence-electron chi connectivity index (χ1n) is 6.80. The zero-order chi connectivity index (χ0) is 14.8. The average Bonchev–Trinajstić information content (AvgIpc) is 3.12. The van der Waals surface area contributed by atoms with E-state index in [4.69, 9.17) is 0 Å². The van der Waals surface area contributed by atoms with Crippen molar-refractivity contribution in [2.24, 2.45) is 0 Å². The third-order valence-corrected chi connectivity index (χ3v) is 3.95. The average molecular weight is 325 g/mol. The number of rotatable bonds is 0. The van der Waals surface area contributed by atoms with Crippen LogP contribution in [0.4, 0.5) is 0 Å². The fraction of sp³-hybridized carbons (Fsp3) is 0. The Morgan fingerprint density at radius 3 is 1.48 bits per heavy atom. The predicted molar refractivity (Wildman–Crippen MR) is 89.9 cm³/mol. The standard InChI is InChI=1S/C16H8N4O2.ClH/c21-15-13-9-5-1-3-7-11(9)17-19(13)16(22)14-10-6-2-4-8-12(10)18-20(14)15;/h1-8H;1H. The summed E-state index contributed by atoms with van der Waals surface area (Å²) < 4.78 is 2.38. The van der Waals surface area contributed by atoms with Gasteiger partial charge in [-0.1, -0.05) is 36.4 Å². The number of aromatic nitrogens is 4. The Morgan fingerprint density at radius 1 is 0.652 bits per heavy atom. The lowest BCUT2D eigenvalue weighted by Gasteiger charge is -1.94. The maximum atomic E-state index is 12.8. The van der Waals surface area contributed by atoms with Crippen molar-refractivity contribution in [1.29, 1.82) is 0 Å². The van der Waals surface area contributed by atoms with Crippen LogP contribution in [0.5, 0.6) is 0 Å². The molecule has 112 valence electrons. The molecule has 0 amide bonds. The van der Waals surface area contributed by atoms with Gasteiger partial charge in [-0.15, -0.1) is 12.4 Å². The molecule has 0 bridgehead atoms. The molecule has 0 aliphatic rings. The molecule has 0 saturated heterocycles. The van der Waals surface area contributed by atoms with Gasteiger partial charge in [-0.2, -0.15) is 19.2 Å². The number of hydrogen-bond donors (Lipinski definition) is 0. The van der Waals surface area contributed by atoms with Gasteiger partial charge in [-0.3, -0.25) is 9.59 Å². The molecule has 0 saturated carbocycles. The molecule has 7 heteroatoms. The SMILES string of the molecule is Cl.O=c1c2c3ccccc3nn2c(=O)c2c3ccccc3nn12. The fourth-order valence-corrected chi connectivity index (χ4v) is 2.97. The lowest BCUT2D eigenvalue weighted by atomic mass is 10.2. The Labute approximate surface area is 134 Å².